The van der Waals surface area contributed by atoms with E-state index in [0.717, 1.165) is 22.4 Å². The van der Waals surface area contributed by atoms with E-state index in [-0.39, 0.29) is 11.5 Å². The smallest absolute Gasteiger partial charge is 0.407 e. The zero-order valence-corrected chi connectivity index (χ0v) is 19.4. The van der Waals surface area contributed by atoms with Crippen LogP contribution in [0.25, 0.3) is 17.0 Å². The van der Waals surface area contributed by atoms with Crippen LogP contribution in [0.2, 0.25) is 0 Å². The molecule has 1 unspecified atom stereocenters. The molecule has 0 radical (unpaired) electrons. The quantitative estimate of drug-likeness (QED) is 0.742. The van der Waals surface area contributed by atoms with Crippen LogP contribution in [0.15, 0.2) is 22.8 Å². The molecule has 0 bridgehead atoms. The largest absolute Gasteiger partial charge is 0.465 e. The SMILES string of the molecule is Cc1cc(-c2nnc(C3COC(C)(C)O3)o2)cnc1C1=C[C@@H](C(C)(C)C)N(C(=O)O)CC1. The van der Waals surface area contributed by atoms with Crippen LogP contribution in [0.4, 0.5) is 4.79 Å². The van der Waals surface area contributed by atoms with Gasteiger partial charge in [-0.1, -0.05) is 26.8 Å². The number of hydrogen-bond acceptors (Lipinski definition) is 7. The minimum absolute atomic E-state index is 0.221. The fourth-order valence-corrected chi connectivity index (χ4v) is 4.19. The van der Waals surface area contributed by atoms with Crippen LogP contribution >= 0.6 is 0 Å². The molecule has 172 valence electrons. The van der Waals surface area contributed by atoms with Gasteiger partial charge in [-0.05, 0) is 49.8 Å². The lowest BCUT2D eigenvalue weighted by atomic mass is 9.81. The van der Waals surface area contributed by atoms with Gasteiger partial charge in [0.05, 0.1) is 23.9 Å². The summed E-state index contributed by atoms with van der Waals surface area (Å²) in [5.74, 6) is 0.0790. The summed E-state index contributed by atoms with van der Waals surface area (Å²) in [5, 5.41) is 17.9. The predicted molar refractivity (Wildman–Crippen MR) is 117 cm³/mol. The third-order valence-corrected chi connectivity index (χ3v) is 5.80. The van der Waals surface area contributed by atoms with Crippen molar-refractivity contribution in [2.24, 2.45) is 5.41 Å². The van der Waals surface area contributed by atoms with Crippen molar-refractivity contribution in [3.05, 3.63) is 35.5 Å². The van der Waals surface area contributed by atoms with Gasteiger partial charge >= 0.3 is 6.09 Å². The molecule has 2 atom stereocenters. The lowest BCUT2D eigenvalue weighted by Crippen LogP contribution is -2.48. The van der Waals surface area contributed by atoms with E-state index in [1.165, 1.54) is 4.90 Å². The minimum atomic E-state index is -0.896. The molecular formula is C23H30N4O5. The lowest BCUT2D eigenvalue weighted by Gasteiger charge is -2.40. The Morgan fingerprint density at radius 3 is 2.62 bits per heavy atom. The summed E-state index contributed by atoms with van der Waals surface area (Å²) in [6.07, 6.45) is 3.08. The van der Waals surface area contributed by atoms with E-state index in [4.69, 9.17) is 13.9 Å². The van der Waals surface area contributed by atoms with E-state index in [1.807, 2.05) is 53.7 Å². The monoisotopic (exact) mass is 442 g/mol. The Hall–Kier alpha value is -2.78. The Labute approximate surface area is 187 Å². The maximum absolute atomic E-state index is 11.7. The van der Waals surface area contributed by atoms with E-state index in [9.17, 15) is 9.90 Å². The fourth-order valence-electron chi connectivity index (χ4n) is 4.19. The first-order valence-corrected chi connectivity index (χ1v) is 10.8. The van der Waals surface area contributed by atoms with Crippen molar-refractivity contribution in [2.45, 2.75) is 65.9 Å². The highest BCUT2D eigenvalue weighted by atomic mass is 16.7. The summed E-state index contributed by atoms with van der Waals surface area (Å²) in [5.41, 5.74) is 3.38. The molecule has 0 saturated carbocycles. The van der Waals surface area contributed by atoms with E-state index in [0.29, 0.717) is 31.4 Å². The van der Waals surface area contributed by atoms with Gasteiger partial charge in [0, 0.05) is 12.7 Å². The van der Waals surface area contributed by atoms with Crippen molar-refractivity contribution in [1.29, 1.82) is 0 Å². The topological polar surface area (TPSA) is 111 Å². The van der Waals surface area contributed by atoms with Crippen molar-refractivity contribution < 1.29 is 23.8 Å². The van der Waals surface area contributed by atoms with Crippen LogP contribution in [-0.4, -0.2) is 56.3 Å². The number of ether oxygens (including phenoxy) is 2. The van der Waals surface area contributed by atoms with Gasteiger partial charge in [0.1, 0.15) is 0 Å². The molecule has 0 aliphatic carbocycles. The Kier molecular flexibility index (Phi) is 5.58. The van der Waals surface area contributed by atoms with Gasteiger partial charge < -0.3 is 23.9 Å². The number of rotatable bonds is 3. The average Bonchev–Trinajstić information content (AvgIpc) is 3.33. The predicted octanol–water partition coefficient (Wildman–Crippen LogP) is 4.45. The Morgan fingerprint density at radius 2 is 2.03 bits per heavy atom. The molecule has 1 N–H and O–H groups in total. The first-order chi connectivity index (χ1) is 14.9. The number of aryl methyl sites for hydroxylation is 1. The third kappa shape index (κ3) is 4.40. The molecule has 2 aliphatic heterocycles. The number of carboxylic acid groups (broad SMARTS) is 1. The van der Waals surface area contributed by atoms with Gasteiger partial charge in [-0.15, -0.1) is 10.2 Å². The Morgan fingerprint density at radius 1 is 1.28 bits per heavy atom. The van der Waals surface area contributed by atoms with Gasteiger partial charge in [0.15, 0.2) is 11.9 Å². The summed E-state index contributed by atoms with van der Waals surface area (Å²) in [7, 11) is 0. The summed E-state index contributed by atoms with van der Waals surface area (Å²) in [6, 6.07) is 1.74. The van der Waals surface area contributed by atoms with Crippen molar-refractivity contribution in [2.75, 3.05) is 13.2 Å². The molecule has 32 heavy (non-hydrogen) atoms. The molecule has 1 saturated heterocycles. The number of aromatic nitrogens is 3. The van der Waals surface area contributed by atoms with Crippen molar-refractivity contribution in [3.8, 4) is 11.5 Å². The molecule has 0 spiro atoms. The molecule has 4 heterocycles. The standard InChI is InChI=1S/C23H30N4O5/c1-13-9-15(19-25-26-20(31-19)16-12-30-23(5,6)32-16)11-24-18(13)14-7-8-27(21(28)29)17(10-14)22(2,3)4/h9-11,16-17H,7-8,12H2,1-6H3,(H,28,29)/t16?,17-/m0/s1. The second kappa shape index (κ2) is 7.97. The summed E-state index contributed by atoms with van der Waals surface area (Å²) in [4.78, 5) is 17.9. The molecule has 2 aliphatic rings. The summed E-state index contributed by atoms with van der Waals surface area (Å²) < 4.78 is 17.2. The second-order valence-corrected chi connectivity index (χ2v) is 9.88. The Balaban J connectivity index is 1.59. The fraction of sp³-hybridized carbons (Fsp3) is 0.565. The van der Waals surface area contributed by atoms with Crippen LogP contribution in [0, 0.1) is 12.3 Å². The average molecular weight is 443 g/mol. The van der Waals surface area contributed by atoms with Crippen molar-refractivity contribution >= 4 is 11.7 Å². The zero-order chi connectivity index (χ0) is 23.3. The maximum atomic E-state index is 11.7. The zero-order valence-electron chi connectivity index (χ0n) is 19.4. The normalized spacial score (nSPS) is 23.3. The number of pyridine rings is 1. The molecule has 4 rings (SSSR count). The van der Waals surface area contributed by atoms with Crippen molar-refractivity contribution in [3.63, 3.8) is 0 Å². The Bertz CT molecular complexity index is 1050. The van der Waals surface area contributed by atoms with Gasteiger partial charge in [0.2, 0.25) is 11.8 Å². The first-order valence-electron chi connectivity index (χ1n) is 10.8. The highest BCUT2D eigenvalue weighted by molar-refractivity contribution is 5.73. The molecule has 0 aromatic carbocycles. The minimum Gasteiger partial charge on any atom is -0.465 e. The third-order valence-electron chi connectivity index (χ3n) is 5.80. The van der Waals surface area contributed by atoms with Crippen LogP contribution < -0.4 is 0 Å². The van der Waals surface area contributed by atoms with Gasteiger partial charge in [0.25, 0.3) is 0 Å². The molecule has 9 heteroatoms. The van der Waals surface area contributed by atoms with Gasteiger partial charge in [-0.25, -0.2) is 4.79 Å². The van der Waals surface area contributed by atoms with E-state index in [1.54, 1.807) is 6.20 Å². The highest BCUT2D eigenvalue weighted by Gasteiger charge is 2.37. The second-order valence-electron chi connectivity index (χ2n) is 9.88. The number of hydrogen-bond donors (Lipinski definition) is 1. The van der Waals surface area contributed by atoms with Crippen LogP contribution in [0.3, 0.4) is 0 Å². The number of nitrogens with zero attached hydrogens (tertiary/aromatic N) is 4. The summed E-state index contributed by atoms with van der Waals surface area (Å²) >= 11 is 0. The van der Waals surface area contributed by atoms with E-state index < -0.39 is 18.0 Å². The highest BCUT2D eigenvalue weighted by Crippen LogP contribution is 2.36. The van der Waals surface area contributed by atoms with Crippen LogP contribution in [-0.2, 0) is 9.47 Å². The summed E-state index contributed by atoms with van der Waals surface area (Å²) in [6.45, 7) is 12.6. The molecule has 2 aromatic rings. The van der Waals surface area contributed by atoms with Crippen molar-refractivity contribution in [1.82, 2.24) is 20.1 Å². The lowest BCUT2D eigenvalue weighted by molar-refractivity contribution is -0.141. The van der Waals surface area contributed by atoms with Gasteiger partial charge in [-0.3, -0.25) is 4.98 Å². The molecule has 1 amide bonds. The van der Waals surface area contributed by atoms with Gasteiger partial charge in [-0.2, -0.15) is 0 Å². The number of carbonyl (C=O) groups is 1. The molecule has 2 aromatic heterocycles. The van der Waals surface area contributed by atoms with Crippen LogP contribution in [0.5, 0.6) is 0 Å². The number of amides is 1. The van der Waals surface area contributed by atoms with E-state index in [2.05, 4.69) is 15.2 Å². The maximum Gasteiger partial charge on any atom is 0.407 e. The molecular weight excluding hydrogens is 412 g/mol. The van der Waals surface area contributed by atoms with Crippen LogP contribution in [0.1, 0.15) is 64.3 Å². The molecule has 9 nitrogen and oxygen atoms in total. The van der Waals surface area contributed by atoms with E-state index >= 15 is 0 Å². The first kappa shape index (κ1) is 22.4. The molecule has 1 fully saturated rings.